The summed E-state index contributed by atoms with van der Waals surface area (Å²) in [7, 11) is 0. The van der Waals surface area contributed by atoms with E-state index in [9.17, 15) is 14.1 Å². The lowest BCUT2D eigenvalue weighted by atomic mass is 10.7. The molecule has 0 unspecified atom stereocenters. The fourth-order valence-corrected chi connectivity index (χ4v) is 0.406. The third-order valence-corrected chi connectivity index (χ3v) is 0.805. The maximum atomic E-state index is 12.0. The quantitative estimate of drug-likeness (QED) is 0.481. The lowest BCUT2D eigenvalue weighted by molar-refractivity contribution is 0.205. The summed E-state index contributed by atoms with van der Waals surface area (Å²) < 4.78 is 12.0. The van der Waals surface area contributed by atoms with Crippen molar-refractivity contribution in [1.82, 2.24) is 9.77 Å². The molecular weight excluding hydrogens is 185 g/mol. The first-order valence-corrected chi connectivity index (χ1v) is 2.90. The molecular formula is C5H6FN3O4. The van der Waals surface area contributed by atoms with Gasteiger partial charge in [-0.2, -0.15) is 0 Å². The molecule has 0 radical (unpaired) electrons. The normalized spacial score (nSPS) is 8.38. The van der Waals surface area contributed by atoms with Gasteiger partial charge in [-0.15, -0.1) is 0 Å². The van der Waals surface area contributed by atoms with Gasteiger partial charge < -0.3 is 15.8 Å². The summed E-state index contributed by atoms with van der Waals surface area (Å²) >= 11 is 0. The van der Waals surface area contributed by atoms with E-state index in [1.807, 2.05) is 4.98 Å². The van der Waals surface area contributed by atoms with E-state index in [1.54, 1.807) is 0 Å². The van der Waals surface area contributed by atoms with E-state index in [0.29, 0.717) is 0 Å². The number of nitrogens with zero attached hydrogens (tertiary/aromatic N) is 1. The van der Waals surface area contributed by atoms with Crippen LogP contribution in [0.4, 0.5) is 9.28 Å². The molecule has 0 atom stereocenters. The van der Waals surface area contributed by atoms with Gasteiger partial charge in [0.15, 0.2) is 0 Å². The van der Waals surface area contributed by atoms with Crippen molar-refractivity contribution < 1.29 is 14.4 Å². The number of nitrogens with one attached hydrogen (secondary N) is 1. The molecule has 0 aliphatic carbocycles. The van der Waals surface area contributed by atoms with Gasteiger partial charge in [0.2, 0.25) is 0 Å². The Balaban J connectivity index is 0.000000310. The minimum Gasteiger partial charge on any atom is -0.465 e. The van der Waals surface area contributed by atoms with Crippen molar-refractivity contribution in [3.8, 4) is 0 Å². The zero-order chi connectivity index (χ0) is 10.4. The van der Waals surface area contributed by atoms with Gasteiger partial charge in [0.05, 0.1) is 0 Å². The maximum Gasteiger partial charge on any atom is 0.402 e. The number of rotatable bonds is 0. The van der Waals surface area contributed by atoms with E-state index in [-0.39, 0.29) is 0 Å². The summed E-state index contributed by atoms with van der Waals surface area (Å²) in [6.45, 7) is 0. The molecule has 1 rings (SSSR count). The molecule has 4 N–H and O–H groups in total. The van der Waals surface area contributed by atoms with Crippen LogP contribution in [0.5, 0.6) is 0 Å². The summed E-state index contributed by atoms with van der Waals surface area (Å²) in [5.74, 6) is 0. The molecule has 8 heteroatoms. The average molecular weight is 191 g/mol. The largest absolute Gasteiger partial charge is 0.465 e. The van der Waals surface area contributed by atoms with Gasteiger partial charge in [-0.3, -0.25) is 4.79 Å². The first-order valence-electron chi connectivity index (χ1n) is 2.90. The molecule has 72 valence electrons. The number of H-pyrrole nitrogens is 1. The molecule has 7 nitrogen and oxygen atoms in total. The van der Waals surface area contributed by atoms with Crippen molar-refractivity contribution in [2.75, 3.05) is 0 Å². The number of halogens is 1. The second kappa shape index (κ2) is 4.70. The number of carboxylic acid groups (broad SMARTS) is 1. The van der Waals surface area contributed by atoms with E-state index in [1.165, 1.54) is 0 Å². The summed E-state index contributed by atoms with van der Waals surface area (Å²) in [5.41, 5.74) is 2.02. The highest BCUT2D eigenvalue weighted by Crippen LogP contribution is 1.63. The Bertz CT molecular complexity index is 363. The number of nitrogens with two attached hydrogens (primary N) is 1. The number of aromatic nitrogens is 2. The molecule has 0 bridgehead atoms. The summed E-state index contributed by atoms with van der Waals surface area (Å²) in [5, 5.41) is 7.19. The van der Waals surface area contributed by atoms with Crippen molar-refractivity contribution in [3.63, 3.8) is 0 Å². The lowest BCUT2D eigenvalue weighted by Gasteiger charge is -1.83. The molecule has 0 saturated heterocycles. The molecule has 1 heterocycles. The van der Waals surface area contributed by atoms with E-state index < -0.39 is 22.1 Å². The van der Waals surface area contributed by atoms with Crippen LogP contribution < -0.4 is 17.0 Å². The standard InChI is InChI=1S/C4H3FN2O2.CH3NO2/c5-7-3(8)1-2-6-4(7)9;2-1(3)4/h1-2H,(H,6,9);2H2,(H,3,4). The number of amides is 1. The van der Waals surface area contributed by atoms with Crippen molar-refractivity contribution in [1.29, 1.82) is 0 Å². The molecule has 13 heavy (non-hydrogen) atoms. The van der Waals surface area contributed by atoms with Crippen LogP contribution in [-0.4, -0.2) is 21.0 Å². The number of hydrogen-bond acceptors (Lipinski definition) is 3. The Morgan fingerprint density at radius 2 is 2.08 bits per heavy atom. The molecule has 0 spiro atoms. The minimum atomic E-state index is -1.33. The van der Waals surface area contributed by atoms with Gasteiger partial charge in [0.25, 0.3) is 5.56 Å². The van der Waals surface area contributed by atoms with Crippen molar-refractivity contribution in [3.05, 3.63) is 33.1 Å². The first kappa shape index (κ1) is 10.9. The van der Waals surface area contributed by atoms with E-state index in [4.69, 9.17) is 9.90 Å². The van der Waals surface area contributed by atoms with Crippen molar-refractivity contribution in [2.45, 2.75) is 0 Å². The highest BCUT2D eigenvalue weighted by atomic mass is 19.2. The van der Waals surface area contributed by atoms with Crippen molar-refractivity contribution >= 4 is 6.09 Å². The van der Waals surface area contributed by atoms with Crippen LogP contribution in [0.15, 0.2) is 21.9 Å². The Kier molecular flexibility index (Phi) is 3.93. The topological polar surface area (TPSA) is 118 Å². The Morgan fingerprint density at radius 1 is 1.62 bits per heavy atom. The molecule has 0 aliphatic heterocycles. The van der Waals surface area contributed by atoms with E-state index in [0.717, 1.165) is 12.3 Å². The van der Waals surface area contributed by atoms with E-state index in [2.05, 4.69) is 5.73 Å². The van der Waals surface area contributed by atoms with Gasteiger partial charge in [0.1, 0.15) is 0 Å². The number of aromatic amines is 1. The van der Waals surface area contributed by atoms with Crippen molar-refractivity contribution in [2.24, 2.45) is 5.73 Å². The third kappa shape index (κ3) is 4.35. The Morgan fingerprint density at radius 3 is 2.38 bits per heavy atom. The second-order valence-corrected chi connectivity index (χ2v) is 1.74. The first-order chi connectivity index (χ1) is 5.95. The molecule has 1 amide bonds. The number of primary amides is 1. The van der Waals surface area contributed by atoms with Crippen LogP contribution in [0, 0.1) is 0 Å². The van der Waals surface area contributed by atoms with Crippen LogP contribution >= 0.6 is 0 Å². The fourth-order valence-electron chi connectivity index (χ4n) is 0.406. The fraction of sp³-hybridized carbons (Fsp3) is 0. The smallest absolute Gasteiger partial charge is 0.402 e. The van der Waals surface area contributed by atoms with Crippen LogP contribution in [0.2, 0.25) is 0 Å². The average Bonchev–Trinajstić information content (AvgIpc) is 1.99. The van der Waals surface area contributed by atoms with Gasteiger partial charge >= 0.3 is 11.8 Å². The molecule has 0 fully saturated rings. The SMILES string of the molecule is NC(=O)O.O=c1cc[nH]c(=O)n1F. The van der Waals surface area contributed by atoms with Gasteiger partial charge in [-0.05, 0) is 0 Å². The lowest BCUT2D eigenvalue weighted by Crippen LogP contribution is -2.28. The predicted octanol–water partition coefficient (Wildman–Crippen LogP) is -1.11. The highest BCUT2D eigenvalue weighted by Gasteiger charge is 1.93. The van der Waals surface area contributed by atoms with Crippen LogP contribution in [0.25, 0.3) is 0 Å². The summed E-state index contributed by atoms with van der Waals surface area (Å²) in [4.78, 5) is 30.6. The summed E-state index contributed by atoms with van der Waals surface area (Å²) in [6, 6.07) is 0.918. The molecule has 0 aliphatic rings. The Labute approximate surface area is 70.2 Å². The van der Waals surface area contributed by atoms with Crippen LogP contribution in [-0.2, 0) is 0 Å². The molecule has 1 aromatic rings. The van der Waals surface area contributed by atoms with E-state index >= 15 is 0 Å². The molecule has 0 aromatic carbocycles. The molecule has 0 saturated carbocycles. The molecule has 1 aromatic heterocycles. The summed E-state index contributed by atoms with van der Waals surface area (Å²) in [6.07, 6.45) is -0.249. The Hall–Kier alpha value is -2.12. The van der Waals surface area contributed by atoms with Gasteiger partial charge in [-0.25, -0.2) is 9.59 Å². The van der Waals surface area contributed by atoms with Gasteiger partial charge in [-0.1, -0.05) is 9.27 Å². The maximum absolute atomic E-state index is 12.0. The zero-order valence-corrected chi connectivity index (χ0v) is 6.23. The second-order valence-electron chi connectivity index (χ2n) is 1.74. The number of carbonyl (C=O) groups is 1. The van der Waals surface area contributed by atoms with Crippen LogP contribution in [0.1, 0.15) is 0 Å². The zero-order valence-electron chi connectivity index (χ0n) is 6.23. The van der Waals surface area contributed by atoms with Crippen LogP contribution in [0.3, 0.4) is 0 Å². The monoisotopic (exact) mass is 191 g/mol. The highest BCUT2D eigenvalue weighted by molar-refractivity contribution is 5.61. The predicted molar refractivity (Wildman–Crippen MR) is 40.0 cm³/mol. The van der Waals surface area contributed by atoms with Gasteiger partial charge in [0, 0.05) is 12.3 Å². The minimum absolute atomic E-state index is 0.500. The number of hydrogen-bond donors (Lipinski definition) is 3. The third-order valence-electron chi connectivity index (χ3n) is 0.805.